The Bertz CT molecular complexity index is 473. The van der Waals surface area contributed by atoms with Gasteiger partial charge in [-0.1, -0.05) is 36.4 Å². The molecular formula is C14H19ClN2S. The summed E-state index contributed by atoms with van der Waals surface area (Å²) in [5, 5.41) is 5.17. The number of thioether (sulfide) groups is 1. The summed E-state index contributed by atoms with van der Waals surface area (Å²) in [5.41, 5.74) is 2.32. The van der Waals surface area contributed by atoms with E-state index in [0.29, 0.717) is 0 Å². The maximum Gasteiger partial charge on any atom is 0.161 e. The molecule has 0 fully saturated rings. The van der Waals surface area contributed by atoms with Crippen LogP contribution in [0, 0.1) is 6.92 Å². The van der Waals surface area contributed by atoms with Crippen LogP contribution in [0.15, 0.2) is 23.2 Å². The normalized spacial score (nSPS) is 23.7. The van der Waals surface area contributed by atoms with Crippen LogP contribution in [-0.4, -0.2) is 16.5 Å². The standard InChI is InChI=1S/C14H19ClN2S/c1-4-14(3)7-8-18-13(17-14)16-12-9-11(15)6-5-10(12)2/h5-6,9H,4,7-8H2,1-3H3,(H,16,17). The Labute approximate surface area is 118 Å². The van der Waals surface area contributed by atoms with Crippen LogP contribution in [0.2, 0.25) is 5.02 Å². The second-order valence-corrected chi connectivity index (χ2v) is 6.47. The van der Waals surface area contributed by atoms with Crippen molar-refractivity contribution < 1.29 is 0 Å². The zero-order valence-electron chi connectivity index (χ0n) is 11.1. The van der Waals surface area contributed by atoms with Gasteiger partial charge in [0.15, 0.2) is 5.17 Å². The molecule has 4 heteroatoms. The lowest BCUT2D eigenvalue weighted by Crippen LogP contribution is -2.29. The molecule has 0 radical (unpaired) electrons. The van der Waals surface area contributed by atoms with Gasteiger partial charge in [-0.05, 0) is 44.4 Å². The Morgan fingerprint density at radius 2 is 2.28 bits per heavy atom. The highest BCUT2D eigenvalue weighted by Crippen LogP contribution is 2.30. The molecule has 98 valence electrons. The lowest BCUT2D eigenvalue weighted by molar-refractivity contribution is 0.443. The van der Waals surface area contributed by atoms with E-state index in [9.17, 15) is 0 Å². The van der Waals surface area contributed by atoms with Gasteiger partial charge in [-0.3, -0.25) is 4.99 Å². The van der Waals surface area contributed by atoms with Crippen LogP contribution in [0.5, 0.6) is 0 Å². The topological polar surface area (TPSA) is 24.4 Å². The van der Waals surface area contributed by atoms with Gasteiger partial charge >= 0.3 is 0 Å². The molecule has 0 bridgehead atoms. The van der Waals surface area contributed by atoms with Crippen molar-refractivity contribution in [3.63, 3.8) is 0 Å². The summed E-state index contributed by atoms with van der Waals surface area (Å²) in [6.45, 7) is 6.49. The lowest BCUT2D eigenvalue weighted by Gasteiger charge is -2.29. The van der Waals surface area contributed by atoms with E-state index in [1.54, 1.807) is 11.8 Å². The van der Waals surface area contributed by atoms with Crippen molar-refractivity contribution in [1.82, 2.24) is 0 Å². The Hall–Kier alpha value is -0.670. The molecule has 2 rings (SSSR count). The third-order valence-corrected chi connectivity index (χ3v) is 4.56. The molecule has 2 nitrogen and oxygen atoms in total. The predicted molar refractivity (Wildman–Crippen MR) is 83.0 cm³/mol. The van der Waals surface area contributed by atoms with Crippen molar-refractivity contribution in [3.05, 3.63) is 28.8 Å². The van der Waals surface area contributed by atoms with Gasteiger partial charge in [0, 0.05) is 16.5 Å². The monoisotopic (exact) mass is 282 g/mol. The Morgan fingerprint density at radius 1 is 1.50 bits per heavy atom. The van der Waals surface area contributed by atoms with Gasteiger partial charge in [-0.2, -0.15) is 0 Å². The van der Waals surface area contributed by atoms with E-state index < -0.39 is 0 Å². The van der Waals surface area contributed by atoms with Crippen molar-refractivity contribution in [2.45, 2.75) is 39.2 Å². The number of hydrogen-bond donors (Lipinski definition) is 1. The van der Waals surface area contributed by atoms with Crippen LogP contribution >= 0.6 is 23.4 Å². The van der Waals surface area contributed by atoms with Crippen molar-refractivity contribution in [2.75, 3.05) is 11.1 Å². The molecule has 0 amide bonds. The van der Waals surface area contributed by atoms with Gasteiger partial charge in [-0.15, -0.1) is 0 Å². The summed E-state index contributed by atoms with van der Waals surface area (Å²) in [6, 6.07) is 5.89. The van der Waals surface area contributed by atoms with Crippen LogP contribution in [0.3, 0.4) is 0 Å². The number of nitrogens with one attached hydrogen (secondary N) is 1. The first kappa shape index (κ1) is 13.8. The predicted octanol–water partition coefficient (Wildman–Crippen LogP) is 4.72. The highest BCUT2D eigenvalue weighted by atomic mass is 35.5. The van der Waals surface area contributed by atoms with Gasteiger partial charge in [0.1, 0.15) is 0 Å². The van der Waals surface area contributed by atoms with Crippen molar-refractivity contribution in [1.29, 1.82) is 0 Å². The van der Waals surface area contributed by atoms with Gasteiger partial charge in [0.25, 0.3) is 0 Å². The maximum absolute atomic E-state index is 6.03. The minimum atomic E-state index is 0.0834. The molecule has 0 saturated carbocycles. The Morgan fingerprint density at radius 3 is 3.00 bits per heavy atom. The van der Waals surface area contributed by atoms with Gasteiger partial charge in [0.05, 0.1) is 5.54 Å². The Balaban J connectivity index is 2.21. The maximum atomic E-state index is 6.03. The fourth-order valence-corrected chi connectivity index (χ4v) is 3.24. The number of nitrogens with zero attached hydrogens (tertiary/aromatic N) is 1. The summed E-state index contributed by atoms with van der Waals surface area (Å²) in [6.07, 6.45) is 2.22. The zero-order chi connectivity index (χ0) is 13.2. The largest absolute Gasteiger partial charge is 0.335 e. The van der Waals surface area contributed by atoms with E-state index in [0.717, 1.165) is 34.5 Å². The number of aliphatic imine (C=N–C) groups is 1. The number of rotatable bonds is 2. The van der Waals surface area contributed by atoms with E-state index in [2.05, 4.69) is 26.1 Å². The molecule has 1 N–H and O–H groups in total. The van der Waals surface area contributed by atoms with Crippen LogP contribution in [0.4, 0.5) is 5.69 Å². The molecule has 0 saturated heterocycles. The number of benzene rings is 1. The third kappa shape index (κ3) is 3.21. The SMILES string of the molecule is CCC1(C)CCSC(Nc2cc(Cl)ccc2C)=N1. The van der Waals surface area contributed by atoms with E-state index in [1.807, 2.05) is 18.2 Å². The fourth-order valence-electron chi connectivity index (χ4n) is 1.86. The molecular weight excluding hydrogens is 264 g/mol. The number of aryl methyl sites for hydroxylation is 1. The van der Waals surface area contributed by atoms with Crippen LogP contribution in [0.25, 0.3) is 0 Å². The minimum Gasteiger partial charge on any atom is -0.335 e. The number of anilines is 1. The first-order valence-electron chi connectivity index (χ1n) is 6.28. The number of hydrogen-bond acceptors (Lipinski definition) is 3. The van der Waals surface area contributed by atoms with Crippen molar-refractivity contribution in [2.24, 2.45) is 4.99 Å². The van der Waals surface area contributed by atoms with E-state index in [1.165, 1.54) is 5.56 Å². The molecule has 0 spiro atoms. The molecule has 1 aliphatic rings. The molecule has 1 heterocycles. The summed E-state index contributed by atoms with van der Waals surface area (Å²) >= 11 is 7.82. The zero-order valence-corrected chi connectivity index (χ0v) is 12.7. The number of halogens is 1. The molecule has 1 unspecified atom stereocenters. The van der Waals surface area contributed by atoms with E-state index in [4.69, 9.17) is 16.6 Å². The molecule has 1 aromatic rings. The van der Waals surface area contributed by atoms with Gasteiger partial charge in [-0.25, -0.2) is 0 Å². The second-order valence-electron chi connectivity index (χ2n) is 4.95. The van der Waals surface area contributed by atoms with Crippen LogP contribution < -0.4 is 5.32 Å². The first-order chi connectivity index (χ1) is 8.52. The highest BCUT2D eigenvalue weighted by molar-refractivity contribution is 8.14. The average molecular weight is 283 g/mol. The van der Waals surface area contributed by atoms with Crippen molar-refractivity contribution in [3.8, 4) is 0 Å². The molecule has 0 aromatic heterocycles. The summed E-state index contributed by atoms with van der Waals surface area (Å²) in [4.78, 5) is 4.82. The molecule has 0 aliphatic carbocycles. The quantitative estimate of drug-likeness (QED) is 0.849. The summed E-state index contributed by atoms with van der Waals surface area (Å²) < 4.78 is 0. The lowest BCUT2D eigenvalue weighted by atomic mass is 9.97. The molecule has 1 aliphatic heterocycles. The molecule has 1 aromatic carbocycles. The summed E-state index contributed by atoms with van der Waals surface area (Å²) in [7, 11) is 0. The molecule has 18 heavy (non-hydrogen) atoms. The smallest absolute Gasteiger partial charge is 0.161 e. The van der Waals surface area contributed by atoms with Crippen LogP contribution in [-0.2, 0) is 0 Å². The average Bonchev–Trinajstić information content (AvgIpc) is 2.34. The van der Waals surface area contributed by atoms with E-state index >= 15 is 0 Å². The first-order valence-corrected chi connectivity index (χ1v) is 7.64. The van der Waals surface area contributed by atoms with Gasteiger partial charge in [0.2, 0.25) is 0 Å². The highest BCUT2D eigenvalue weighted by Gasteiger charge is 2.26. The van der Waals surface area contributed by atoms with Crippen molar-refractivity contribution >= 4 is 34.2 Å². The third-order valence-electron chi connectivity index (χ3n) is 3.45. The molecule has 1 atom stereocenters. The Kier molecular flexibility index (Phi) is 4.23. The number of amidine groups is 1. The van der Waals surface area contributed by atoms with Crippen LogP contribution in [0.1, 0.15) is 32.3 Å². The minimum absolute atomic E-state index is 0.0834. The second kappa shape index (κ2) is 5.54. The van der Waals surface area contributed by atoms with E-state index in [-0.39, 0.29) is 5.54 Å². The van der Waals surface area contributed by atoms with Gasteiger partial charge < -0.3 is 5.32 Å². The fraction of sp³-hybridized carbons (Fsp3) is 0.500. The summed E-state index contributed by atoms with van der Waals surface area (Å²) in [5.74, 6) is 1.12.